The van der Waals surface area contributed by atoms with Gasteiger partial charge in [0, 0.05) is 16.8 Å². The molecule has 2 amide bonds. The number of imide groups is 1. The van der Waals surface area contributed by atoms with Gasteiger partial charge in [0.25, 0.3) is 5.91 Å². The Labute approximate surface area is 144 Å². The molecule has 0 spiro atoms. The van der Waals surface area contributed by atoms with Gasteiger partial charge in [0.2, 0.25) is 5.91 Å². The van der Waals surface area contributed by atoms with Crippen molar-refractivity contribution in [2.75, 3.05) is 18.1 Å². The second-order valence-corrected chi connectivity index (χ2v) is 5.74. The molecular weight excluding hydrogens is 328 g/mol. The molecule has 0 bridgehead atoms. The smallest absolute Gasteiger partial charge is 0.265 e. The van der Waals surface area contributed by atoms with Crippen LogP contribution in [0.5, 0.6) is 0 Å². The Hall–Kier alpha value is -2.50. The normalized spacial score (nSPS) is 17.4. The van der Waals surface area contributed by atoms with Crippen LogP contribution in [0.25, 0.3) is 0 Å². The molecule has 2 aromatic carbocycles. The van der Waals surface area contributed by atoms with Gasteiger partial charge in [0.1, 0.15) is 0 Å². The summed E-state index contributed by atoms with van der Waals surface area (Å²) in [5.41, 5.74) is 1.50. The minimum atomic E-state index is -0.676. The number of aliphatic imine (C=N–C) groups is 1. The molecule has 2 aromatic rings. The third-order valence-electron chi connectivity index (χ3n) is 3.77. The molecule has 0 aliphatic carbocycles. The standard InChI is InChI=1S/C18H15ClN2O3/c19-12-4-3-5-13(10-12)21-17(23)15-7-2-1-6-14(15)16(18(21)24)11-20-8-9-22/h1-7,10-11,16,22H,8-9H2. The number of fused-ring (bicyclic) bond motifs is 1. The van der Waals surface area contributed by atoms with Gasteiger partial charge in [-0.3, -0.25) is 14.6 Å². The van der Waals surface area contributed by atoms with Crippen LogP contribution in [-0.2, 0) is 4.79 Å². The number of anilines is 1. The first-order valence-corrected chi connectivity index (χ1v) is 7.85. The summed E-state index contributed by atoms with van der Waals surface area (Å²) in [4.78, 5) is 30.9. The maximum absolute atomic E-state index is 12.9. The summed E-state index contributed by atoms with van der Waals surface area (Å²) in [6, 6.07) is 13.6. The molecule has 1 unspecified atom stereocenters. The van der Waals surface area contributed by atoms with Crippen LogP contribution in [0.1, 0.15) is 21.8 Å². The second kappa shape index (κ2) is 6.95. The number of hydrogen-bond donors (Lipinski definition) is 1. The molecule has 0 saturated heterocycles. The van der Waals surface area contributed by atoms with Gasteiger partial charge in [-0.2, -0.15) is 0 Å². The predicted octanol–water partition coefficient (Wildman–Crippen LogP) is 2.67. The molecule has 3 rings (SSSR count). The average Bonchev–Trinajstić information content (AvgIpc) is 2.58. The zero-order chi connectivity index (χ0) is 17.1. The van der Waals surface area contributed by atoms with E-state index >= 15 is 0 Å². The molecule has 1 heterocycles. The summed E-state index contributed by atoms with van der Waals surface area (Å²) >= 11 is 6.00. The predicted molar refractivity (Wildman–Crippen MR) is 92.9 cm³/mol. The van der Waals surface area contributed by atoms with Crippen LogP contribution < -0.4 is 4.90 Å². The van der Waals surface area contributed by atoms with E-state index in [1.807, 2.05) is 0 Å². The Morgan fingerprint density at radius 2 is 1.96 bits per heavy atom. The summed E-state index contributed by atoms with van der Waals surface area (Å²) in [6.07, 6.45) is 1.49. The van der Waals surface area contributed by atoms with Crippen molar-refractivity contribution < 1.29 is 14.7 Å². The fraction of sp³-hybridized carbons (Fsp3) is 0.167. The van der Waals surface area contributed by atoms with E-state index in [0.29, 0.717) is 21.8 Å². The lowest BCUT2D eigenvalue weighted by atomic mass is 9.89. The molecule has 5 nitrogen and oxygen atoms in total. The van der Waals surface area contributed by atoms with Gasteiger partial charge >= 0.3 is 0 Å². The van der Waals surface area contributed by atoms with E-state index in [9.17, 15) is 9.59 Å². The molecular formula is C18H15ClN2O3. The zero-order valence-corrected chi connectivity index (χ0v) is 13.5. The number of benzene rings is 2. The summed E-state index contributed by atoms with van der Waals surface area (Å²) in [6.45, 7) is 0.104. The van der Waals surface area contributed by atoms with E-state index in [2.05, 4.69) is 4.99 Å². The molecule has 1 N–H and O–H groups in total. The van der Waals surface area contributed by atoms with Gasteiger partial charge < -0.3 is 5.11 Å². The number of carbonyl (C=O) groups excluding carboxylic acids is 2. The Balaban J connectivity index is 2.09. The van der Waals surface area contributed by atoms with Gasteiger partial charge in [0.15, 0.2) is 0 Å². The highest BCUT2D eigenvalue weighted by atomic mass is 35.5. The van der Waals surface area contributed by atoms with E-state index in [1.165, 1.54) is 6.21 Å². The maximum atomic E-state index is 12.9. The number of hydrogen-bond acceptors (Lipinski definition) is 4. The van der Waals surface area contributed by atoms with E-state index < -0.39 is 5.92 Å². The number of rotatable bonds is 4. The topological polar surface area (TPSA) is 70.0 Å². The first-order valence-electron chi connectivity index (χ1n) is 7.47. The molecule has 122 valence electrons. The lowest BCUT2D eigenvalue weighted by molar-refractivity contribution is -0.118. The average molecular weight is 343 g/mol. The first-order chi connectivity index (χ1) is 11.6. The SMILES string of the molecule is O=C1c2ccccc2C(C=NCCO)C(=O)N1c1cccc(Cl)c1. The Kier molecular flexibility index (Phi) is 4.74. The number of amides is 2. The van der Waals surface area contributed by atoms with Gasteiger partial charge in [-0.1, -0.05) is 35.9 Å². The van der Waals surface area contributed by atoms with Crippen molar-refractivity contribution >= 4 is 35.3 Å². The Morgan fingerprint density at radius 1 is 1.17 bits per heavy atom. The second-order valence-electron chi connectivity index (χ2n) is 5.30. The minimum Gasteiger partial charge on any atom is -0.394 e. The van der Waals surface area contributed by atoms with Crippen molar-refractivity contribution in [2.24, 2.45) is 4.99 Å². The zero-order valence-electron chi connectivity index (χ0n) is 12.7. The molecule has 1 aliphatic rings. The molecule has 1 aliphatic heterocycles. The highest BCUT2D eigenvalue weighted by Gasteiger charge is 2.38. The van der Waals surface area contributed by atoms with E-state index in [1.54, 1.807) is 48.5 Å². The van der Waals surface area contributed by atoms with Crippen LogP contribution in [0.15, 0.2) is 53.5 Å². The number of aliphatic hydroxyl groups excluding tert-OH is 1. The van der Waals surface area contributed by atoms with Crippen LogP contribution in [0.3, 0.4) is 0 Å². The minimum absolute atomic E-state index is 0.101. The number of nitrogens with zero attached hydrogens (tertiary/aromatic N) is 2. The van der Waals surface area contributed by atoms with Crippen LogP contribution in [0, 0.1) is 0 Å². The Bertz CT molecular complexity index is 819. The number of carbonyl (C=O) groups is 2. The monoisotopic (exact) mass is 342 g/mol. The summed E-state index contributed by atoms with van der Waals surface area (Å²) in [5, 5.41) is 9.32. The Morgan fingerprint density at radius 3 is 2.71 bits per heavy atom. The van der Waals surface area contributed by atoms with Gasteiger partial charge in [-0.05, 0) is 29.8 Å². The quantitative estimate of drug-likeness (QED) is 0.686. The number of halogens is 1. The molecule has 24 heavy (non-hydrogen) atoms. The molecule has 0 saturated carbocycles. The lowest BCUT2D eigenvalue weighted by Gasteiger charge is -2.31. The van der Waals surface area contributed by atoms with E-state index in [-0.39, 0.29) is 25.0 Å². The third kappa shape index (κ3) is 2.96. The summed E-state index contributed by atoms with van der Waals surface area (Å²) < 4.78 is 0. The van der Waals surface area contributed by atoms with Crippen molar-refractivity contribution in [3.05, 3.63) is 64.7 Å². The van der Waals surface area contributed by atoms with E-state index in [4.69, 9.17) is 16.7 Å². The molecule has 0 fully saturated rings. The first kappa shape index (κ1) is 16.4. The van der Waals surface area contributed by atoms with Crippen molar-refractivity contribution in [1.29, 1.82) is 0 Å². The molecule has 0 radical (unpaired) electrons. The van der Waals surface area contributed by atoms with Gasteiger partial charge in [-0.25, -0.2) is 4.90 Å². The highest BCUT2D eigenvalue weighted by molar-refractivity contribution is 6.32. The van der Waals surface area contributed by atoms with Gasteiger partial charge in [-0.15, -0.1) is 0 Å². The molecule has 1 atom stereocenters. The van der Waals surface area contributed by atoms with Crippen molar-refractivity contribution in [3.63, 3.8) is 0 Å². The summed E-state index contributed by atoms with van der Waals surface area (Å²) in [7, 11) is 0. The van der Waals surface area contributed by atoms with Crippen LogP contribution in [0.4, 0.5) is 5.69 Å². The third-order valence-corrected chi connectivity index (χ3v) is 4.00. The fourth-order valence-corrected chi connectivity index (χ4v) is 2.88. The fourth-order valence-electron chi connectivity index (χ4n) is 2.70. The van der Waals surface area contributed by atoms with Crippen LogP contribution in [-0.4, -0.2) is 36.3 Å². The summed E-state index contributed by atoms with van der Waals surface area (Å²) in [5.74, 6) is -1.45. The van der Waals surface area contributed by atoms with Crippen LogP contribution in [0.2, 0.25) is 5.02 Å². The van der Waals surface area contributed by atoms with Crippen molar-refractivity contribution in [2.45, 2.75) is 5.92 Å². The number of aliphatic hydroxyl groups is 1. The highest BCUT2D eigenvalue weighted by Crippen LogP contribution is 2.32. The van der Waals surface area contributed by atoms with Crippen LogP contribution >= 0.6 is 11.6 Å². The lowest BCUT2D eigenvalue weighted by Crippen LogP contribution is -2.45. The van der Waals surface area contributed by atoms with Gasteiger partial charge in [0.05, 0.1) is 24.8 Å². The maximum Gasteiger partial charge on any atom is 0.265 e. The van der Waals surface area contributed by atoms with Crippen molar-refractivity contribution in [1.82, 2.24) is 0 Å². The van der Waals surface area contributed by atoms with Crippen molar-refractivity contribution in [3.8, 4) is 0 Å². The largest absolute Gasteiger partial charge is 0.394 e. The molecule has 6 heteroatoms. The molecule has 0 aromatic heterocycles. The van der Waals surface area contributed by atoms with E-state index in [0.717, 1.165) is 4.90 Å².